The van der Waals surface area contributed by atoms with Gasteiger partial charge in [-0.25, -0.2) is 23.1 Å². The fourth-order valence-corrected chi connectivity index (χ4v) is 5.23. The first-order valence-corrected chi connectivity index (χ1v) is 11.9. The predicted octanol–water partition coefficient (Wildman–Crippen LogP) is 3.73. The number of nitrogens with one attached hydrogen (secondary N) is 2. The topological polar surface area (TPSA) is 116 Å². The summed E-state index contributed by atoms with van der Waals surface area (Å²) in [6.07, 6.45) is 2.14. The molecule has 0 unspecified atom stereocenters. The number of rotatable bonds is 3. The van der Waals surface area contributed by atoms with Crippen LogP contribution in [-0.4, -0.2) is 53.3 Å². The quantitative estimate of drug-likeness (QED) is 0.389. The van der Waals surface area contributed by atoms with E-state index >= 15 is 0 Å². The molecule has 188 valence electrons. The van der Waals surface area contributed by atoms with Crippen molar-refractivity contribution in [2.45, 2.75) is 18.6 Å². The van der Waals surface area contributed by atoms with Gasteiger partial charge in [0.25, 0.3) is 0 Å². The van der Waals surface area contributed by atoms with Crippen LogP contribution < -0.4 is 16.0 Å². The van der Waals surface area contributed by atoms with Crippen LogP contribution in [0.1, 0.15) is 12.0 Å². The van der Waals surface area contributed by atoms with E-state index < -0.39 is 17.5 Å². The zero-order valence-electron chi connectivity index (χ0n) is 19.6. The highest BCUT2D eigenvalue weighted by atomic mass is 19.1. The van der Waals surface area contributed by atoms with E-state index in [-0.39, 0.29) is 40.4 Å². The fraction of sp³-hybridized carbons (Fsp3) is 0.269. The van der Waals surface area contributed by atoms with E-state index in [2.05, 4.69) is 20.3 Å². The van der Waals surface area contributed by atoms with Crippen LogP contribution in [0, 0.1) is 28.8 Å². The lowest BCUT2D eigenvalue weighted by atomic mass is 9.95. The van der Waals surface area contributed by atoms with Crippen LogP contribution in [0.25, 0.3) is 33.5 Å². The van der Waals surface area contributed by atoms with Crippen molar-refractivity contribution in [3.8, 4) is 28.6 Å². The lowest BCUT2D eigenvalue weighted by molar-refractivity contribution is -0.00899. The molecule has 2 saturated heterocycles. The van der Waals surface area contributed by atoms with Crippen molar-refractivity contribution < 1.29 is 17.9 Å². The molecule has 4 aromatic rings. The molecule has 2 aromatic carbocycles. The minimum Gasteiger partial charge on any atom is -0.383 e. The molecule has 11 heteroatoms. The maximum atomic E-state index is 14.7. The van der Waals surface area contributed by atoms with Crippen molar-refractivity contribution in [1.29, 1.82) is 5.26 Å². The van der Waals surface area contributed by atoms with E-state index in [1.807, 2.05) is 11.0 Å². The number of ether oxygens (including phenoxy) is 1. The number of fused-ring (bicyclic) bond motifs is 2. The van der Waals surface area contributed by atoms with Gasteiger partial charge in [-0.3, -0.25) is 0 Å². The summed E-state index contributed by atoms with van der Waals surface area (Å²) in [5.74, 6) is -1.77. The van der Waals surface area contributed by atoms with Gasteiger partial charge in [0.05, 0.1) is 41.1 Å². The van der Waals surface area contributed by atoms with Crippen LogP contribution in [0.4, 0.5) is 24.7 Å². The molecule has 2 aliphatic rings. The van der Waals surface area contributed by atoms with Crippen LogP contribution in [0.15, 0.2) is 36.5 Å². The van der Waals surface area contributed by atoms with Gasteiger partial charge < -0.3 is 25.7 Å². The van der Waals surface area contributed by atoms with Crippen molar-refractivity contribution >= 4 is 22.5 Å². The number of piperidine rings is 1. The predicted molar refractivity (Wildman–Crippen MR) is 132 cm³/mol. The van der Waals surface area contributed by atoms with Crippen LogP contribution in [0.2, 0.25) is 0 Å². The number of hydrogen-bond donors (Lipinski definition) is 3. The molecule has 0 bridgehead atoms. The Bertz CT molecular complexity index is 1540. The van der Waals surface area contributed by atoms with Gasteiger partial charge in [-0.2, -0.15) is 5.26 Å². The molecule has 6 rings (SSSR count). The van der Waals surface area contributed by atoms with Crippen molar-refractivity contribution in [2.24, 2.45) is 0 Å². The number of H-pyrrole nitrogens is 1. The number of aromatic amines is 1. The van der Waals surface area contributed by atoms with Crippen LogP contribution in [0.3, 0.4) is 0 Å². The van der Waals surface area contributed by atoms with Gasteiger partial charge >= 0.3 is 0 Å². The molecule has 0 aliphatic carbocycles. The summed E-state index contributed by atoms with van der Waals surface area (Å²) in [7, 11) is 0. The lowest BCUT2D eigenvalue weighted by Crippen LogP contribution is -2.58. The number of nitrogens with zero attached hydrogens (tertiary/aromatic N) is 4. The normalized spacial score (nSPS) is 19.6. The third-order valence-corrected chi connectivity index (χ3v) is 6.88. The average Bonchev–Trinajstić information content (AvgIpc) is 3.32. The zero-order valence-corrected chi connectivity index (χ0v) is 19.6. The summed E-state index contributed by atoms with van der Waals surface area (Å²) >= 11 is 0. The summed E-state index contributed by atoms with van der Waals surface area (Å²) in [5.41, 5.74) is 8.54. The highest BCUT2D eigenvalue weighted by molar-refractivity contribution is 5.95. The molecule has 2 aromatic heterocycles. The van der Waals surface area contributed by atoms with Crippen molar-refractivity contribution in [1.82, 2.24) is 20.3 Å². The Balaban J connectivity index is 1.57. The van der Waals surface area contributed by atoms with Crippen molar-refractivity contribution in [3.63, 3.8) is 0 Å². The monoisotopic (exact) mass is 505 g/mol. The minimum atomic E-state index is -0.729. The van der Waals surface area contributed by atoms with E-state index in [0.29, 0.717) is 42.0 Å². The number of halogens is 3. The summed E-state index contributed by atoms with van der Waals surface area (Å²) in [5, 5.41) is 12.7. The van der Waals surface area contributed by atoms with E-state index in [9.17, 15) is 18.4 Å². The lowest BCUT2D eigenvalue weighted by Gasteiger charge is -2.43. The summed E-state index contributed by atoms with van der Waals surface area (Å²) in [4.78, 5) is 13.9. The average molecular weight is 506 g/mol. The molecule has 4 N–H and O–H groups in total. The molecule has 2 aliphatic heterocycles. The van der Waals surface area contributed by atoms with E-state index in [0.717, 1.165) is 25.1 Å². The first-order chi connectivity index (χ1) is 17.9. The van der Waals surface area contributed by atoms with Gasteiger partial charge in [-0.1, -0.05) is 0 Å². The second-order valence-corrected chi connectivity index (χ2v) is 9.19. The Labute approximate surface area is 209 Å². The third kappa shape index (κ3) is 4.14. The van der Waals surface area contributed by atoms with Crippen molar-refractivity contribution in [2.75, 3.05) is 36.9 Å². The largest absolute Gasteiger partial charge is 0.383 e. The van der Waals surface area contributed by atoms with Gasteiger partial charge in [0.15, 0.2) is 5.82 Å². The number of nitriles is 1. The third-order valence-electron chi connectivity index (χ3n) is 6.88. The van der Waals surface area contributed by atoms with E-state index in [1.54, 1.807) is 0 Å². The Morgan fingerprint density at radius 1 is 1.14 bits per heavy atom. The molecule has 4 heterocycles. The molecule has 8 nitrogen and oxygen atoms in total. The zero-order chi connectivity index (χ0) is 25.7. The first-order valence-electron chi connectivity index (χ1n) is 11.9. The second kappa shape index (κ2) is 9.06. The molecular formula is C26H22F3N7O. The summed E-state index contributed by atoms with van der Waals surface area (Å²) < 4.78 is 49.3. The second-order valence-electron chi connectivity index (χ2n) is 9.19. The molecule has 0 amide bonds. The molecule has 37 heavy (non-hydrogen) atoms. The number of anilines is 2. The SMILES string of the molecule is N#Cc1cc(F)c2nc(-c3c(N)ncc(-c4cc(F)cc(F)c4)c3N3CC[C@@H]4NCCO[C@H]4C3)[nH]c2c1. The Morgan fingerprint density at radius 3 is 2.73 bits per heavy atom. The maximum Gasteiger partial charge on any atom is 0.152 e. The van der Waals surface area contributed by atoms with Crippen LogP contribution >= 0.6 is 0 Å². The Kier molecular flexibility index (Phi) is 5.70. The van der Waals surface area contributed by atoms with Crippen LogP contribution in [-0.2, 0) is 4.74 Å². The minimum absolute atomic E-state index is 0.0417. The molecular weight excluding hydrogens is 483 g/mol. The van der Waals surface area contributed by atoms with Crippen LogP contribution in [0.5, 0.6) is 0 Å². The number of nitrogens with two attached hydrogens (primary N) is 1. The Morgan fingerprint density at radius 2 is 1.95 bits per heavy atom. The fourth-order valence-electron chi connectivity index (χ4n) is 5.23. The number of hydrogen-bond acceptors (Lipinski definition) is 7. The highest BCUT2D eigenvalue weighted by Gasteiger charge is 2.35. The summed E-state index contributed by atoms with van der Waals surface area (Å²) in [6.45, 7) is 2.45. The number of morpholine rings is 1. The molecule has 0 spiro atoms. The molecule has 0 saturated carbocycles. The number of benzene rings is 2. The number of imidazole rings is 1. The summed E-state index contributed by atoms with van der Waals surface area (Å²) in [6, 6.07) is 7.98. The standard InChI is InChI=1S/C26H22F3N7O/c27-15-7-14(8-16(28)9-15)17-11-33-25(31)22(24(17)36-3-1-19-21(12-36)37-4-2-32-19)26-34-20-6-13(10-30)5-18(29)23(20)35-26/h5-9,11,19,21,32H,1-4,12H2,(H2,31,33)(H,34,35)/t19-,21-/m0/s1. The molecule has 2 fully saturated rings. The van der Waals surface area contributed by atoms with Gasteiger partial charge in [-0.15, -0.1) is 0 Å². The first kappa shape index (κ1) is 23.3. The smallest absolute Gasteiger partial charge is 0.152 e. The molecule has 0 radical (unpaired) electrons. The number of aromatic nitrogens is 3. The van der Waals surface area contributed by atoms with Crippen molar-refractivity contribution in [3.05, 3.63) is 59.5 Å². The molecule has 2 atom stereocenters. The van der Waals surface area contributed by atoms with Gasteiger partial charge in [0.2, 0.25) is 0 Å². The maximum absolute atomic E-state index is 14.7. The number of pyridine rings is 1. The van der Waals surface area contributed by atoms with E-state index in [1.165, 1.54) is 24.4 Å². The van der Waals surface area contributed by atoms with Gasteiger partial charge in [-0.05, 0) is 36.2 Å². The highest BCUT2D eigenvalue weighted by Crippen LogP contribution is 2.43. The van der Waals surface area contributed by atoms with Gasteiger partial charge in [0, 0.05) is 43.5 Å². The number of nitrogen functional groups attached to an aromatic ring is 1. The van der Waals surface area contributed by atoms with Gasteiger partial charge in [0.1, 0.15) is 28.8 Å². The van der Waals surface area contributed by atoms with E-state index in [4.69, 9.17) is 10.5 Å². The Hall–Kier alpha value is -4.14.